The topological polar surface area (TPSA) is 12.4 Å². The van der Waals surface area contributed by atoms with Crippen molar-refractivity contribution in [3.63, 3.8) is 0 Å². The van der Waals surface area contributed by atoms with E-state index in [-0.39, 0.29) is 5.25 Å². The molecule has 1 nitrogen and oxygen atoms in total. The molecule has 0 radical (unpaired) electrons. The highest BCUT2D eigenvalue weighted by atomic mass is 32.2. The highest BCUT2D eigenvalue weighted by Crippen LogP contribution is 2.41. The fourth-order valence-corrected chi connectivity index (χ4v) is 2.41. The zero-order valence-corrected chi connectivity index (χ0v) is 9.62. The van der Waals surface area contributed by atoms with E-state index in [0.717, 1.165) is 22.7 Å². The molecule has 1 atom stereocenters. The van der Waals surface area contributed by atoms with Crippen molar-refractivity contribution in [3.8, 4) is 0 Å². The zero-order chi connectivity index (χ0) is 11.9. The van der Waals surface area contributed by atoms with Crippen molar-refractivity contribution < 1.29 is 13.2 Å². The standard InChI is InChI=1S/C11H10F3NS/c1-6-7(2)16-10-4-3-8(11(12,13)14)5-9(10)15-6/h3-5,7H,1-2H3. The van der Waals surface area contributed by atoms with Gasteiger partial charge in [0.05, 0.1) is 11.3 Å². The summed E-state index contributed by atoms with van der Waals surface area (Å²) in [5, 5.41) is 0.226. The summed E-state index contributed by atoms with van der Waals surface area (Å²) in [4.78, 5) is 5.01. The Kier molecular flexibility index (Phi) is 2.74. The van der Waals surface area contributed by atoms with Crippen LogP contribution in [0.5, 0.6) is 0 Å². The van der Waals surface area contributed by atoms with E-state index in [1.54, 1.807) is 11.8 Å². The number of benzene rings is 1. The number of halogens is 3. The number of fused-ring (bicyclic) bond motifs is 1. The predicted molar refractivity (Wildman–Crippen MR) is 59.5 cm³/mol. The molecule has 0 aliphatic carbocycles. The molecule has 1 unspecified atom stereocenters. The normalized spacial score (nSPS) is 20.3. The molecular weight excluding hydrogens is 235 g/mol. The molecule has 0 amide bonds. The molecule has 0 spiro atoms. The monoisotopic (exact) mass is 245 g/mol. The highest BCUT2D eigenvalue weighted by molar-refractivity contribution is 8.00. The maximum atomic E-state index is 12.5. The molecule has 0 aromatic heterocycles. The van der Waals surface area contributed by atoms with Gasteiger partial charge in [-0.3, -0.25) is 4.99 Å². The van der Waals surface area contributed by atoms with Crippen LogP contribution >= 0.6 is 11.8 Å². The van der Waals surface area contributed by atoms with Gasteiger partial charge in [-0.1, -0.05) is 0 Å². The van der Waals surface area contributed by atoms with Crippen molar-refractivity contribution in [2.75, 3.05) is 0 Å². The van der Waals surface area contributed by atoms with Gasteiger partial charge in [-0.2, -0.15) is 13.2 Å². The van der Waals surface area contributed by atoms with Gasteiger partial charge in [0.25, 0.3) is 0 Å². The minimum atomic E-state index is -4.30. The first-order valence-electron chi connectivity index (χ1n) is 4.81. The molecule has 1 heterocycles. The smallest absolute Gasteiger partial charge is 0.256 e. The summed E-state index contributed by atoms with van der Waals surface area (Å²) < 4.78 is 37.4. The van der Waals surface area contributed by atoms with E-state index in [4.69, 9.17) is 0 Å². The summed E-state index contributed by atoms with van der Waals surface area (Å²) in [7, 11) is 0. The van der Waals surface area contributed by atoms with Crippen molar-refractivity contribution in [1.82, 2.24) is 0 Å². The van der Waals surface area contributed by atoms with Crippen LogP contribution in [-0.2, 0) is 6.18 Å². The molecule has 0 bridgehead atoms. The SMILES string of the molecule is CC1=Nc2cc(C(F)(F)F)ccc2SC1C. The minimum absolute atomic E-state index is 0.226. The molecule has 0 saturated carbocycles. The number of hydrogen-bond donors (Lipinski definition) is 0. The summed E-state index contributed by atoms with van der Waals surface area (Å²) in [6.45, 7) is 3.82. The Morgan fingerprint density at radius 1 is 1.31 bits per heavy atom. The largest absolute Gasteiger partial charge is 0.416 e. The Morgan fingerprint density at radius 3 is 2.62 bits per heavy atom. The fourth-order valence-electron chi connectivity index (χ4n) is 1.44. The van der Waals surface area contributed by atoms with Crippen LogP contribution in [0.4, 0.5) is 18.9 Å². The summed E-state index contributed by atoms with van der Waals surface area (Å²) in [5.41, 5.74) is 0.644. The van der Waals surface area contributed by atoms with E-state index in [0.29, 0.717) is 5.69 Å². The lowest BCUT2D eigenvalue weighted by atomic mass is 10.2. The number of rotatable bonds is 0. The van der Waals surface area contributed by atoms with Crippen molar-refractivity contribution >= 4 is 23.2 Å². The molecule has 86 valence electrons. The van der Waals surface area contributed by atoms with Gasteiger partial charge in [-0.05, 0) is 32.0 Å². The maximum absolute atomic E-state index is 12.5. The molecular formula is C11H10F3NS. The van der Waals surface area contributed by atoms with Crippen LogP contribution in [0.15, 0.2) is 28.1 Å². The second-order valence-corrected chi connectivity index (χ2v) is 5.08. The second kappa shape index (κ2) is 3.80. The van der Waals surface area contributed by atoms with Crippen molar-refractivity contribution in [3.05, 3.63) is 23.8 Å². The van der Waals surface area contributed by atoms with E-state index in [9.17, 15) is 13.2 Å². The summed E-state index contributed by atoms with van der Waals surface area (Å²) >= 11 is 1.54. The van der Waals surface area contributed by atoms with Crippen LogP contribution in [0.1, 0.15) is 19.4 Å². The van der Waals surface area contributed by atoms with E-state index in [1.807, 2.05) is 13.8 Å². The lowest BCUT2D eigenvalue weighted by molar-refractivity contribution is -0.137. The van der Waals surface area contributed by atoms with Crippen LogP contribution in [-0.4, -0.2) is 11.0 Å². The molecule has 2 rings (SSSR count). The molecule has 1 aromatic carbocycles. The van der Waals surface area contributed by atoms with Crippen LogP contribution in [0.2, 0.25) is 0 Å². The Bertz CT molecular complexity index is 451. The van der Waals surface area contributed by atoms with Gasteiger partial charge < -0.3 is 0 Å². The average Bonchev–Trinajstić information content (AvgIpc) is 2.17. The molecule has 1 aliphatic rings. The van der Waals surface area contributed by atoms with Crippen LogP contribution < -0.4 is 0 Å². The third-order valence-electron chi connectivity index (χ3n) is 2.48. The Balaban J connectivity index is 2.47. The van der Waals surface area contributed by atoms with Gasteiger partial charge in [0.15, 0.2) is 0 Å². The van der Waals surface area contributed by atoms with Gasteiger partial charge in [-0.25, -0.2) is 0 Å². The third-order valence-corrected chi connectivity index (χ3v) is 3.77. The Morgan fingerprint density at radius 2 is 2.00 bits per heavy atom. The Hall–Kier alpha value is -0.970. The molecule has 16 heavy (non-hydrogen) atoms. The molecule has 0 N–H and O–H groups in total. The van der Waals surface area contributed by atoms with Crippen LogP contribution in [0, 0.1) is 0 Å². The van der Waals surface area contributed by atoms with Crippen LogP contribution in [0.25, 0.3) is 0 Å². The first kappa shape index (κ1) is 11.5. The maximum Gasteiger partial charge on any atom is 0.416 e. The van der Waals surface area contributed by atoms with Crippen molar-refractivity contribution in [1.29, 1.82) is 0 Å². The minimum Gasteiger partial charge on any atom is -0.256 e. The van der Waals surface area contributed by atoms with E-state index in [2.05, 4.69) is 4.99 Å². The highest BCUT2D eigenvalue weighted by Gasteiger charge is 2.31. The second-order valence-electron chi connectivity index (χ2n) is 3.69. The van der Waals surface area contributed by atoms with E-state index < -0.39 is 11.7 Å². The summed E-state index contributed by atoms with van der Waals surface area (Å²) in [5.74, 6) is 0. The number of nitrogens with zero attached hydrogens (tertiary/aromatic N) is 1. The lowest BCUT2D eigenvalue weighted by Crippen LogP contribution is -2.12. The first-order chi connectivity index (χ1) is 7.38. The molecule has 5 heteroatoms. The summed E-state index contributed by atoms with van der Waals surface area (Å²) in [6.07, 6.45) is -4.30. The number of aliphatic imine (C=N–C) groups is 1. The van der Waals surface area contributed by atoms with E-state index in [1.165, 1.54) is 6.07 Å². The predicted octanol–water partition coefficient (Wildman–Crippen LogP) is 4.29. The van der Waals surface area contributed by atoms with Gasteiger partial charge in [0, 0.05) is 15.9 Å². The number of hydrogen-bond acceptors (Lipinski definition) is 2. The average molecular weight is 245 g/mol. The number of alkyl halides is 3. The quantitative estimate of drug-likeness (QED) is 0.664. The zero-order valence-electron chi connectivity index (χ0n) is 8.80. The van der Waals surface area contributed by atoms with Crippen LogP contribution in [0.3, 0.4) is 0 Å². The van der Waals surface area contributed by atoms with Gasteiger partial charge in [0.1, 0.15) is 0 Å². The fraction of sp³-hybridized carbons (Fsp3) is 0.364. The molecule has 0 saturated heterocycles. The van der Waals surface area contributed by atoms with Gasteiger partial charge in [0.2, 0.25) is 0 Å². The van der Waals surface area contributed by atoms with Crippen molar-refractivity contribution in [2.45, 2.75) is 30.2 Å². The molecule has 1 aliphatic heterocycles. The van der Waals surface area contributed by atoms with Gasteiger partial charge >= 0.3 is 6.18 Å². The summed E-state index contributed by atoms with van der Waals surface area (Å²) in [6, 6.07) is 3.71. The Labute approximate surface area is 95.8 Å². The lowest BCUT2D eigenvalue weighted by Gasteiger charge is -2.19. The van der Waals surface area contributed by atoms with Crippen molar-refractivity contribution in [2.24, 2.45) is 4.99 Å². The number of thioether (sulfide) groups is 1. The third kappa shape index (κ3) is 2.09. The first-order valence-corrected chi connectivity index (χ1v) is 5.69. The van der Waals surface area contributed by atoms with Gasteiger partial charge in [-0.15, -0.1) is 11.8 Å². The molecule has 0 fully saturated rings. The molecule has 1 aromatic rings. The van der Waals surface area contributed by atoms with E-state index >= 15 is 0 Å².